The molecule has 2 aromatic carbocycles. The summed E-state index contributed by atoms with van der Waals surface area (Å²) in [6, 6.07) is 14.7. The second kappa shape index (κ2) is 8.03. The third-order valence-electron chi connectivity index (χ3n) is 5.54. The van der Waals surface area contributed by atoms with E-state index in [1.165, 1.54) is 11.1 Å². The minimum atomic E-state index is -0.172. The SMILES string of the molecule is Cc1ccc2oc(C(=O)NCC(c3ccc(C(C)(C)C)cc3)N(C)C)c(C)c2c1. The van der Waals surface area contributed by atoms with Gasteiger partial charge in [0.2, 0.25) is 0 Å². The van der Waals surface area contributed by atoms with E-state index in [-0.39, 0.29) is 17.4 Å². The zero-order valence-electron chi connectivity index (χ0n) is 18.6. The summed E-state index contributed by atoms with van der Waals surface area (Å²) in [4.78, 5) is 15.0. The van der Waals surface area contributed by atoms with Gasteiger partial charge in [0.1, 0.15) is 5.58 Å². The molecule has 0 saturated carbocycles. The third-order valence-corrected chi connectivity index (χ3v) is 5.54. The average molecular weight is 393 g/mol. The molecule has 4 nitrogen and oxygen atoms in total. The van der Waals surface area contributed by atoms with Gasteiger partial charge in [-0.1, -0.05) is 56.7 Å². The van der Waals surface area contributed by atoms with Crippen molar-refractivity contribution in [2.45, 2.75) is 46.1 Å². The Balaban J connectivity index is 1.77. The molecular weight excluding hydrogens is 360 g/mol. The molecule has 0 fully saturated rings. The van der Waals surface area contributed by atoms with Crippen LogP contribution < -0.4 is 5.32 Å². The predicted molar refractivity (Wildman–Crippen MR) is 120 cm³/mol. The Labute approximate surface area is 173 Å². The van der Waals surface area contributed by atoms with Crippen LogP contribution in [-0.4, -0.2) is 31.4 Å². The number of benzene rings is 2. The molecule has 154 valence electrons. The Kier molecular flexibility index (Phi) is 5.85. The van der Waals surface area contributed by atoms with Crippen LogP contribution in [0.2, 0.25) is 0 Å². The van der Waals surface area contributed by atoms with Gasteiger partial charge in [0.05, 0.1) is 6.04 Å². The van der Waals surface area contributed by atoms with Crippen LogP contribution >= 0.6 is 0 Å². The van der Waals surface area contributed by atoms with Gasteiger partial charge < -0.3 is 14.6 Å². The zero-order valence-corrected chi connectivity index (χ0v) is 18.6. The number of nitrogens with zero attached hydrogens (tertiary/aromatic N) is 1. The number of furan rings is 1. The second-order valence-corrected chi connectivity index (χ2v) is 9.12. The Hall–Kier alpha value is -2.59. The smallest absolute Gasteiger partial charge is 0.287 e. The number of hydrogen-bond acceptors (Lipinski definition) is 3. The number of aryl methyl sites for hydroxylation is 2. The van der Waals surface area contributed by atoms with Crippen molar-refractivity contribution in [3.8, 4) is 0 Å². The largest absolute Gasteiger partial charge is 0.451 e. The number of rotatable bonds is 5. The van der Waals surface area contributed by atoms with Crippen LogP contribution in [0.5, 0.6) is 0 Å². The molecule has 0 spiro atoms. The van der Waals surface area contributed by atoms with Gasteiger partial charge in [-0.05, 0) is 56.6 Å². The van der Waals surface area contributed by atoms with Gasteiger partial charge in [-0.2, -0.15) is 0 Å². The molecule has 0 aliphatic carbocycles. The van der Waals surface area contributed by atoms with Crippen molar-refractivity contribution in [3.63, 3.8) is 0 Å². The minimum Gasteiger partial charge on any atom is -0.451 e. The second-order valence-electron chi connectivity index (χ2n) is 9.12. The van der Waals surface area contributed by atoms with Crippen molar-refractivity contribution in [1.82, 2.24) is 10.2 Å². The monoisotopic (exact) mass is 392 g/mol. The van der Waals surface area contributed by atoms with Crippen LogP contribution in [0.25, 0.3) is 11.0 Å². The standard InChI is InChI=1S/C25H32N2O2/c1-16-8-13-22-20(14-16)17(2)23(29-22)24(28)26-15-21(27(6)7)18-9-11-19(12-10-18)25(3,4)5/h8-14,21H,15H2,1-7H3,(H,26,28). The molecule has 1 aromatic heterocycles. The molecule has 1 unspecified atom stereocenters. The van der Waals surface area contributed by atoms with Gasteiger partial charge >= 0.3 is 0 Å². The van der Waals surface area contributed by atoms with E-state index in [0.717, 1.165) is 22.1 Å². The van der Waals surface area contributed by atoms with E-state index < -0.39 is 0 Å². The van der Waals surface area contributed by atoms with Gasteiger partial charge in [-0.15, -0.1) is 0 Å². The van der Waals surface area contributed by atoms with E-state index in [4.69, 9.17) is 4.42 Å². The summed E-state index contributed by atoms with van der Waals surface area (Å²) < 4.78 is 5.84. The summed E-state index contributed by atoms with van der Waals surface area (Å²) in [6.45, 7) is 11.1. The highest BCUT2D eigenvalue weighted by Gasteiger charge is 2.21. The molecule has 3 rings (SSSR count). The van der Waals surface area contributed by atoms with Crippen molar-refractivity contribution >= 4 is 16.9 Å². The zero-order chi connectivity index (χ0) is 21.3. The van der Waals surface area contributed by atoms with Crippen LogP contribution in [-0.2, 0) is 5.41 Å². The number of carbonyl (C=O) groups is 1. The first-order valence-corrected chi connectivity index (χ1v) is 10.1. The van der Waals surface area contributed by atoms with E-state index in [1.807, 2.05) is 40.1 Å². The molecule has 1 heterocycles. The maximum Gasteiger partial charge on any atom is 0.287 e. The number of amides is 1. The molecule has 4 heteroatoms. The molecular formula is C25H32N2O2. The third kappa shape index (κ3) is 4.54. The topological polar surface area (TPSA) is 45.5 Å². The van der Waals surface area contributed by atoms with E-state index in [2.05, 4.69) is 61.3 Å². The maximum absolute atomic E-state index is 12.8. The van der Waals surface area contributed by atoms with E-state index >= 15 is 0 Å². The predicted octanol–water partition coefficient (Wildman–Crippen LogP) is 5.38. The van der Waals surface area contributed by atoms with Gasteiger partial charge in [-0.3, -0.25) is 4.79 Å². The summed E-state index contributed by atoms with van der Waals surface area (Å²) >= 11 is 0. The Morgan fingerprint density at radius 3 is 2.31 bits per heavy atom. The van der Waals surface area contributed by atoms with Crippen LogP contribution in [0.3, 0.4) is 0 Å². The lowest BCUT2D eigenvalue weighted by atomic mass is 9.86. The number of hydrogen-bond donors (Lipinski definition) is 1. The number of likely N-dealkylation sites (N-methyl/N-ethyl adjacent to an activating group) is 1. The summed E-state index contributed by atoms with van der Waals surface area (Å²) in [7, 11) is 4.06. The molecule has 29 heavy (non-hydrogen) atoms. The number of nitrogens with one attached hydrogen (secondary N) is 1. The highest BCUT2D eigenvalue weighted by atomic mass is 16.3. The van der Waals surface area contributed by atoms with Gasteiger partial charge in [-0.25, -0.2) is 0 Å². The van der Waals surface area contributed by atoms with Crippen LogP contribution in [0.4, 0.5) is 0 Å². The lowest BCUT2D eigenvalue weighted by Crippen LogP contribution is -2.34. The molecule has 0 aliphatic heterocycles. The number of fused-ring (bicyclic) bond motifs is 1. The first-order chi connectivity index (χ1) is 13.6. The van der Waals surface area contributed by atoms with Crippen LogP contribution in [0.1, 0.15) is 59.6 Å². The first kappa shape index (κ1) is 21.1. The summed E-state index contributed by atoms with van der Waals surface area (Å²) in [5.74, 6) is 0.223. The summed E-state index contributed by atoms with van der Waals surface area (Å²) in [6.07, 6.45) is 0. The van der Waals surface area contributed by atoms with E-state index in [1.54, 1.807) is 0 Å². The Morgan fingerprint density at radius 1 is 1.07 bits per heavy atom. The van der Waals surface area contributed by atoms with Crippen LogP contribution in [0, 0.1) is 13.8 Å². The fourth-order valence-corrected chi connectivity index (χ4v) is 3.62. The maximum atomic E-state index is 12.8. The molecule has 0 bridgehead atoms. The average Bonchev–Trinajstić information content (AvgIpc) is 2.97. The lowest BCUT2D eigenvalue weighted by molar-refractivity contribution is 0.0915. The van der Waals surface area contributed by atoms with Gasteiger partial charge in [0, 0.05) is 17.5 Å². The molecule has 1 amide bonds. The normalized spacial score (nSPS) is 13.1. The van der Waals surface area contributed by atoms with Crippen molar-refractivity contribution < 1.29 is 9.21 Å². The summed E-state index contributed by atoms with van der Waals surface area (Å²) in [5, 5.41) is 4.06. The van der Waals surface area contributed by atoms with Crippen molar-refractivity contribution in [2.75, 3.05) is 20.6 Å². The van der Waals surface area contributed by atoms with Gasteiger partial charge in [0.15, 0.2) is 5.76 Å². The van der Waals surface area contributed by atoms with E-state index in [0.29, 0.717) is 12.3 Å². The highest BCUT2D eigenvalue weighted by Crippen LogP contribution is 2.27. The molecule has 1 atom stereocenters. The molecule has 0 aliphatic rings. The fourth-order valence-electron chi connectivity index (χ4n) is 3.62. The summed E-state index contributed by atoms with van der Waals surface area (Å²) in [5.41, 5.74) is 5.39. The molecule has 1 N–H and O–H groups in total. The van der Waals surface area contributed by atoms with E-state index in [9.17, 15) is 4.79 Å². The fraction of sp³-hybridized carbons (Fsp3) is 0.400. The molecule has 3 aromatic rings. The quantitative estimate of drug-likeness (QED) is 0.634. The number of carbonyl (C=O) groups excluding carboxylic acids is 1. The van der Waals surface area contributed by atoms with Crippen molar-refractivity contribution in [2.24, 2.45) is 0 Å². The highest BCUT2D eigenvalue weighted by molar-refractivity contribution is 5.99. The minimum absolute atomic E-state index is 0.0832. The Morgan fingerprint density at radius 2 is 1.72 bits per heavy atom. The molecule has 0 saturated heterocycles. The first-order valence-electron chi connectivity index (χ1n) is 10.1. The van der Waals surface area contributed by atoms with Crippen molar-refractivity contribution in [1.29, 1.82) is 0 Å². The van der Waals surface area contributed by atoms with Crippen LogP contribution in [0.15, 0.2) is 46.9 Å². The van der Waals surface area contributed by atoms with Gasteiger partial charge in [0.25, 0.3) is 5.91 Å². The Bertz CT molecular complexity index is 1010. The van der Waals surface area contributed by atoms with Crippen molar-refractivity contribution in [3.05, 3.63) is 70.5 Å². The lowest BCUT2D eigenvalue weighted by Gasteiger charge is -2.26. The molecule has 0 radical (unpaired) electrons.